The number of hydrogen-bond donors (Lipinski definition) is 1. The number of rotatable bonds is 4. The molecule has 0 aliphatic rings. The second-order valence-electron chi connectivity index (χ2n) is 4.25. The fourth-order valence-electron chi connectivity index (χ4n) is 1.78. The molecule has 1 aromatic carbocycles. The monoisotopic (exact) mass is 310 g/mol. The number of aliphatic carboxylic acids is 1. The summed E-state index contributed by atoms with van der Waals surface area (Å²) < 4.78 is 1.63. The summed E-state index contributed by atoms with van der Waals surface area (Å²) in [5.74, 6) is -1.02. The molecule has 1 aromatic heterocycles. The molecule has 0 saturated heterocycles. The van der Waals surface area contributed by atoms with Crippen LogP contribution in [-0.4, -0.2) is 20.9 Å². The largest absolute Gasteiger partial charge is 0.478 e. The molecule has 0 spiro atoms. The molecular formula is C14H12Cl2N2O2. The van der Waals surface area contributed by atoms with E-state index in [2.05, 4.69) is 5.10 Å². The van der Waals surface area contributed by atoms with Crippen LogP contribution in [0.2, 0.25) is 10.2 Å². The van der Waals surface area contributed by atoms with Crippen molar-refractivity contribution in [3.63, 3.8) is 0 Å². The van der Waals surface area contributed by atoms with Gasteiger partial charge in [-0.05, 0) is 30.7 Å². The molecule has 0 radical (unpaired) electrons. The van der Waals surface area contributed by atoms with E-state index in [1.165, 1.54) is 6.08 Å². The summed E-state index contributed by atoms with van der Waals surface area (Å²) >= 11 is 12.1. The van der Waals surface area contributed by atoms with Gasteiger partial charge in [-0.3, -0.25) is 0 Å². The lowest BCUT2D eigenvalue weighted by Gasteiger charge is -2.03. The number of nitrogens with zero attached hydrogens (tertiary/aromatic N) is 2. The lowest BCUT2D eigenvalue weighted by atomic mass is 10.2. The number of halogens is 2. The number of carboxylic acid groups (broad SMARTS) is 1. The summed E-state index contributed by atoms with van der Waals surface area (Å²) in [4.78, 5) is 10.6. The topological polar surface area (TPSA) is 55.1 Å². The van der Waals surface area contributed by atoms with E-state index in [0.717, 1.165) is 11.6 Å². The highest BCUT2D eigenvalue weighted by atomic mass is 35.5. The van der Waals surface area contributed by atoms with Gasteiger partial charge in [-0.25, -0.2) is 9.48 Å². The molecule has 6 heteroatoms. The van der Waals surface area contributed by atoms with E-state index in [1.807, 2.05) is 12.1 Å². The first-order valence-electron chi connectivity index (χ1n) is 5.85. The number of hydrogen-bond acceptors (Lipinski definition) is 2. The minimum absolute atomic E-state index is 0.412. The summed E-state index contributed by atoms with van der Waals surface area (Å²) in [6, 6.07) is 7.38. The van der Waals surface area contributed by atoms with E-state index in [9.17, 15) is 4.79 Å². The summed E-state index contributed by atoms with van der Waals surface area (Å²) in [7, 11) is 0. The molecule has 0 aliphatic heterocycles. The molecule has 0 atom stereocenters. The number of benzene rings is 1. The first-order valence-corrected chi connectivity index (χ1v) is 6.61. The third-order valence-corrected chi connectivity index (χ3v) is 3.40. The van der Waals surface area contributed by atoms with Crippen molar-refractivity contribution in [3.05, 3.63) is 57.3 Å². The molecule has 2 rings (SSSR count). The third kappa shape index (κ3) is 3.40. The van der Waals surface area contributed by atoms with Gasteiger partial charge in [-0.2, -0.15) is 5.10 Å². The standard InChI is InChI=1S/C14H12Cl2N2O2/c1-9-12(6-7-13(19)20)14(16)18(17-9)8-10-2-4-11(15)5-3-10/h2-7H,8H2,1H3,(H,19,20)/b7-6+. The molecule has 0 saturated carbocycles. The Hall–Kier alpha value is -1.78. The highest BCUT2D eigenvalue weighted by Gasteiger charge is 2.11. The summed E-state index contributed by atoms with van der Waals surface area (Å²) in [6.45, 7) is 2.28. The zero-order valence-corrected chi connectivity index (χ0v) is 12.2. The molecule has 1 heterocycles. The highest BCUT2D eigenvalue weighted by molar-refractivity contribution is 6.31. The Labute approximate surface area is 126 Å². The average molecular weight is 311 g/mol. The van der Waals surface area contributed by atoms with Gasteiger partial charge in [0.2, 0.25) is 0 Å². The van der Waals surface area contributed by atoms with E-state index in [4.69, 9.17) is 28.3 Å². The molecule has 20 heavy (non-hydrogen) atoms. The van der Waals surface area contributed by atoms with Crippen LogP contribution in [0, 0.1) is 6.92 Å². The van der Waals surface area contributed by atoms with Crippen molar-refractivity contribution in [1.82, 2.24) is 9.78 Å². The van der Waals surface area contributed by atoms with Crippen LogP contribution < -0.4 is 0 Å². The van der Waals surface area contributed by atoms with Gasteiger partial charge in [0.25, 0.3) is 0 Å². The molecule has 2 aromatic rings. The summed E-state index contributed by atoms with van der Waals surface area (Å²) in [5.41, 5.74) is 2.30. The number of aryl methyl sites for hydroxylation is 1. The predicted octanol–water partition coefficient (Wildman–Crippen LogP) is 3.64. The fourth-order valence-corrected chi connectivity index (χ4v) is 2.20. The molecular weight excluding hydrogens is 299 g/mol. The second kappa shape index (κ2) is 6.11. The number of carbonyl (C=O) groups is 1. The second-order valence-corrected chi connectivity index (χ2v) is 5.04. The maximum atomic E-state index is 10.6. The van der Waals surface area contributed by atoms with Crippen LogP contribution in [0.15, 0.2) is 30.3 Å². The first kappa shape index (κ1) is 14.6. The lowest BCUT2D eigenvalue weighted by molar-refractivity contribution is -0.131. The maximum absolute atomic E-state index is 10.6. The Bertz CT molecular complexity index is 661. The Kier molecular flexibility index (Phi) is 4.47. The molecule has 104 valence electrons. The fraction of sp³-hybridized carbons (Fsp3) is 0.143. The van der Waals surface area contributed by atoms with E-state index >= 15 is 0 Å². The van der Waals surface area contributed by atoms with Crippen molar-refractivity contribution in [2.45, 2.75) is 13.5 Å². The van der Waals surface area contributed by atoms with Crippen LogP contribution in [-0.2, 0) is 11.3 Å². The van der Waals surface area contributed by atoms with Gasteiger partial charge in [0, 0.05) is 16.7 Å². The number of carboxylic acids is 1. The van der Waals surface area contributed by atoms with Gasteiger partial charge in [0.05, 0.1) is 12.2 Å². The lowest BCUT2D eigenvalue weighted by Crippen LogP contribution is -2.01. The van der Waals surface area contributed by atoms with Crippen molar-refractivity contribution in [3.8, 4) is 0 Å². The normalized spacial score (nSPS) is 11.2. The Balaban J connectivity index is 2.27. The van der Waals surface area contributed by atoms with Gasteiger partial charge in [-0.15, -0.1) is 0 Å². The summed E-state index contributed by atoms with van der Waals surface area (Å²) in [6.07, 6.45) is 2.49. The van der Waals surface area contributed by atoms with E-state index in [1.54, 1.807) is 23.7 Å². The van der Waals surface area contributed by atoms with Gasteiger partial charge >= 0.3 is 5.97 Å². The van der Waals surface area contributed by atoms with Crippen LogP contribution in [0.5, 0.6) is 0 Å². The molecule has 1 N–H and O–H groups in total. The number of aromatic nitrogens is 2. The maximum Gasteiger partial charge on any atom is 0.328 e. The van der Waals surface area contributed by atoms with Gasteiger partial charge in [-0.1, -0.05) is 35.3 Å². The van der Waals surface area contributed by atoms with Gasteiger partial charge < -0.3 is 5.11 Å². The van der Waals surface area contributed by atoms with Crippen molar-refractivity contribution in [1.29, 1.82) is 0 Å². The van der Waals surface area contributed by atoms with Crippen molar-refractivity contribution in [2.75, 3.05) is 0 Å². The summed E-state index contributed by atoms with van der Waals surface area (Å²) in [5, 5.41) is 14.0. The molecule has 0 bridgehead atoms. The first-order chi connectivity index (χ1) is 9.47. The average Bonchev–Trinajstić information content (AvgIpc) is 2.65. The Morgan fingerprint density at radius 3 is 2.60 bits per heavy atom. The van der Waals surface area contributed by atoms with Crippen LogP contribution in [0.3, 0.4) is 0 Å². The minimum Gasteiger partial charge on any atom is -0.478 e. The Morgan fingerprint density at radius 1 is 1.35 bits per heavy atom. The van der Waals surface area contributed by atoms with Crippen molar-refractivity contribution < 1.29 is 9.90 Å². The Morgan fingerprint density at radius 2 is 2.00 bits per heavy atom. The van der Waals surface area contributed by atoms with E-state index < -0.39 is 5.97 Å². The van der Waals surface area contributed by atoms with Crippen molar-refractivity contribution >= 4 is 35.2 Å². The predicted molar refractivity (Wildman–Crippen MR) is 79.2 cm³/mol. The van der Waals surface area contributed by atoms with Crippen LogP contribution >= 0.6 is 23.2 Å². The zero-order valence-electron chi connectivity index (χ0n) is 10.7. The molecule has 0 amide bonds. The van der Waals surface area contributed by atoms with Crippen LogP contribution in [0.1, 0.15) is 16.8 Å². The van der Waals surface area contributed by atoms with Crippen molar-refractivity contribution in [2.24, 2.45) is 0 Å². The third-order valence-electron chi connectivity index (χ3n) is 2.75. The minimum atomic E-state index is -1.02. The molecule has 0 unspecified atom stereocenters. The van der Waals surface area contributed by atoms with E-state index in [0.29, 0.717) is 28.0 Å². The quantitative estimate of drug-likeness (QED) is 0.877. The van der Waals surface area contributed by atoms with E-state index in [-0.39, 0.29) is 0 Å². The van der Waals surface area contributed by atoms with Gasteiger partial charge in [0.1, 0.15) is 5.15 Å². The molecule has 0 aliphatic carbocycles. The highest BCUT2D eigenvalue weighted by Crippen LogP contribution is 2.22. The smallest absolute Gasteiger partial charge is 0.328 e. The molecule has 0 fully saturated rings. The van der Waals surface area contributed by atoms with Gasteiger partial charge in [0.15, 0.2) is 0 Å². The zero-order chi connectivity index (χ0) is 14.7. The molecule has 4 nitrogen and oxygen atoms in total. The van der Waals surface area contributed by atoms with Crippen LogP contribution in [0.25, 0.3) is 6.08 Å². The SMILES string of the molecule is Cc1nn(Cc2ccc(Cl)cc2)c(Cl)c1/C=C/C(=O)O. The van der Waals surface area contributed by atoms with Crippen LogP contribution in [0.4, 0.5) is 0 Å².